The van der Waals surface area contributed by atoms with Crippen molar-refractivity contribution in [1.29, 1.82) is 0 Å². The third kappa shape index (κ3) is 1.98. The van der Waals surface area contributed by atoms with Gasteiger partial charge in [0.2, 0.25) is 0 Å². The van der Waals surface area contributed by atoms with Gasteiger partial charge in [0.25, 0.3) is 5.91 Å². The van der Waals surface area contributed by atoms with Gasteiger partial charge in [-0.1, -0.05) is 25.5 Å². The largest absolute Gasteiger partial charge is 0.310 e. The predicted molar refractivity (Wildman–Crippen MR) is 66.0 cm³/mol. The Morgan fingerprint density at radius 1 is 1.44 bits per heavy atom. The van der Waals surface area contributed by atoms with E-state index in [-0.39, 0.29) is 5.91 Å². The van der Waals surface area contributed by atoms with E-state index in [1.165, 1.54) is 11.8 Å². The molecule has 1 aromatic carbocycles. The lowest BCUT2D eigenvalue weighted by Crippen LogP contribution is -2.26. The van der Waals surface area contributed by atoms with Crippen LogP contribution in [0.4, 0.5) is 5.69 Å². The highest BCUT2D eigenvalue weighted by molar-refractivity contribution is 6.32. The third-order valence-corrected chi connectivity index (χ3v) is 2.84. The number of carbonyl (C=O) groups is 1. The van der Waals surface area contributed by atoms with Crippen LogP contribution in [0.1, 0.15) is 24.5 Å². The van der Waals surface area contributed by atoms with Crippen LogP contribution < -0.4 is 4.90 Å². The van der Waals surface area contributed by atoms with Gasteiger partial charge in [-0.3, -0.25) is 9.79 Å². The van der Waals surface area contributed by atoms with Crippen LogP contribution in [-0.2, 0) is 17.8 Å². The van der Waals surface area contributed by atoms with Gasteiger partial charge in [-0.15, -0.1) is 0 Å². The Kier molecular flexibility index (Phi) is 3.04. The molecule has 2 rings (SSSR count). The number of aryl methyl sites for hydroxylation is 1. The fraction of sp³-hybridized carbons (Fsp3) is 0.385. The van der Waals surface area contributed by atoms with E-state index in [0.29, 0.717) is 6.54 Å². The first-order valence-corrected chi connectivity index (χ1v) is 5.61. The lowest BCUT2D eigenvalue weighted by molar-refractivity contribution is -0.111. The fourth-order valence-corrected chi connectivity index (χ4v) is 1.96. The molecule has 1 aliphatic rings. The van der Waals surface area contributed by atoms with Crippen molar-refractivity contribution in [3.05, 3.63) is 29.3 Å². The van der Waals surface area contributed by atoms with E-state index in [9.17, 15) is 4.79 Å². The van der Waals surface area contributed by atoms with Gasteiger partial charge in [0, 0.05) is 12.7 Å². The van der Waals surface area contributed by atoms with Gasteiger partial charge in [-0.05, 0) is 23.6 Å². The van der Waals surface area contributed by atoms with Crippen LogP contribution in [0.5, 0.6) is 0 Å². The van der Waals surface area contributed by atoms with Crippen molar-refractivity contribution in [3.8, 4) is 0 Å². The molecule has 0 spiro atoms. The Labute approximate surface area is 95.8 Å². The summed E-state index contributed by atoms with van der Waals surface area (Å²) in [4.78, 5) is 17.3. The molecular weight excluding hydrogens is 200 g/mol. The summed E-state index contributed by atoms with van der Waals surface area (Å²) in [6.45, 7) is 2.77. The highest BCUT2D eigenvalue weighted by Crippen LogP contribution is 2.24. The van der Waals surface area contributed by atoms with Gasteiger partial charge in [0.05, 0.1) is 12.8 Å². The van der Waals surface area contributed by atoms with Crippen LogP contribution in [0, 0.1) is 0 Å². The summed E-state index contributed by atoms with van der Waals surface area (Å²) in [5.74, 6) is -0.0537. The van der Waals surface area contributed by atoms with E-state index in [0.717, 1.165) is 24.1 Å². The summed E-state index contributed by atoms with van der Waals surface area (Å²) in [5, 5.41) is 0. The molecule has 0 radical (unpaired) electrons. The maximum atomic E-state index is 11.6. The monoisotopic (exact) mass is 216 g/mol. The Bertz CT molecular complexity index is 438. The third-order valence-electron chi connectivity index (χ3n) is 2.84. The summed E-state index contributed by atoms with van der Waals surface area (Å²) in [7, 11) is 1.79. The van der Waals surface area contributed by atoms with Crippen molar-refractivity contribution in [2.24, 2.45) is 4.99 Å². The summed E-state index contributed by atoms with van der Waals surface area (Å²) >= 11 is 0. The highest BCUT2D eigenvalue weighted by Gasteiger charge is 2.15. The quantitative estimate of drug-likeness (QED) is 0.745. The average molecular weight is 216 g/mol. The highest BCUT2D eigenvalue weighted by atomic mass is 16.2. The molecule has 0 saturated heterocycles. The second kappa shape index (κ2) is 4.47. The molecule has 0 aromatic heterocycles. The smallest absolute Gasteiger partial charge is 0.268 e. The number of hydrogen-bond donors (Lipinski definition) is 0. The number of hydrogen-bond acceptors (Lipinski definition) is 2. The van der Waals surface area contributed by atoms with E-state index in [1.807, 2.05) is 6.07 Å². The zero-order valence-corrected chi connectivity index (χ0v) is 9.73. The molecule has 0 bridgehead atoms. The maximum absolute atomic E-state index is 11.6. The first-order chi connectivity index (χ1) is 7.72. The molecule has 1 aliphatic heterocycles. The van der Waals surface area contributed by atoms with Crippen molar-refractivity contribution < 1.29 is 4.79 Å². The van der Waals surface area contributed by atoms with E-state index in [1.54, 1.807) is 11.9 Å². The summed E-state index contributed by atoms with van der Waals surface area (Å²) in [5.41, 5.74) is 3.43. The first-order valence-electron chi connectivity index (χ1n) is 5.61. The molecule has 0 N–H and O–H groups in total. The summed E-state index contributed by atoms with van der Waals surface area (Å²) in [6, 6.07) is 6.27. The molecule has 1 amide bonds. The molecule has 3 heteroatoms. The fourth-order valence-electron chi connectivity index (χ4n) is 1.96. The van der Waals surface area contributed by atoms with Crippen LogP contribution in [0.25, 0.3) is 0 Å². The number of amides is 1. The van der Waals surface area contributed by atoms with Crippen LogP contribution in [0.15, 0.2) is 23.2 Å². The van der Waals surface area contributed by atoms with Crippen molar-refractivity contribution in [2.75, 3.05) is 11.9 Å². The second-order valence-electron chi connectivity index (χ2n) is 4.08. The Hall–Kier alpha value is -1.64. The van der Waals surface area contributed by atoms with Crippen molar-refractivity contribution in [3.63, 3.8) is 0 Å². The van der Waals surface area contributed by atoms with Crippen LogP contribution in [0.3, 0.4) is 0 Å². The van der Waals surface area contributed by atoms with Gasteiger partial charge in [0.15, 0.2) is 0 Å². The molecule has 1 heterocycles. The van der Waals surface area contributed by atoms with E-state index < -0.39 is 0 Å². The molecule has 1 aromatic rings. The van der Waals surface area contributed by atoms with Crippen LogP contribution in [-0.4, -0.2) is 19.2 Å². The van der Waals surface area contributed by atoms with Gasteiger partial charge < -0.3 is 4.90 Å². The zero-order valence-electron chi connectivity index (χ0n) is 9.73. The molecule has 16 heavy (non-hydrogen) atoms. The van der Waals surface area contributed by atoms with Crippen LogP contribution in [0.2, 0.25) is 0 Å². The minimum atomic E-state index is -0.0537. The minimum Gasteiger partial charge on any atom is -0.310 e. The molecule has 84 valence electrons. The Morgan fingerprint density at radius 2 is 2.25 bits per heavy atom. The van der Waals surface area contributed by atoms with Gasteiger partial charge in [0.1, 0.15) is 0 Å². The van der Waals surface area contributed by atoms with Crippen molar-refractivity contribution in [1.82, 2.24) is 0 Å². The summed E-state index contributed by atoms with van der Waals surface area (Å²) < 4.78 is 0. The molecule has 0 atom stereocenters. The number of nitrogens with zero attached hydrogens (tertiary/aromatic N) is 2. The maximum Gasteiger partial charge on any atom is 0.268 e. The number of aliphatic imine (C=N–C) groups is 1. The first kappa shape index (κ1) is 10.9. The topological polar surface area (TPSA) is 32.7 Å². The second-order valence-corrected chi connectivity index (χ2v) is 4.08. The average Bonchev–Trinajstić information content (AvgIpc) is 2.41. The predicted octanol–water partition coefficient (Wildman–Crippen LogP) is 2.19. The Balaban J connectivity index is 2.39. The molecule has 3 nitrogen and oxygen atoms in total. The van der Waals surface area contributed by atoms with Crippen molar-refractivity contribution in [2.45, 2.75) is 26.3 Å². The number of anilines is 1. The zero-order chi connectivity index (χ0) is 11.5. The van der Waals surface area contributed by atoms with Gasteiger partial charge in [-0.2, -0.15) is 0 Å². The van der Waals surface area contributed by atoms with Crippen molar-refractivity contribution >= 4 is 17.8 Å². The van der Waals surface area contributed by atoms with E-state index >= 15 is 0 Å². The van der Waals surface area contributed by atoms with Crippen LogP contribution >= 0.6 is 0 Å². The van der Waals surface area contributed by atoms with Gasteiger partial charge >= 0.3 is 0 Å². The summed E-state index contributed by atoms with van der Waals surface area (Å²) in [6.07, 6.45) is 3.62. The Morgan fingerprint density at radius 3 is 3.00 bits per heavy atom. The molecular formula is C13H16N2O. The van der Waals surface area contributed by atoms with Gasteiger partial charge in [-0.25, -0.2) is 0 Å². The normalized spacial score (nSPS) is 14.9. The number of fused-ring (bicyclic) bond motifs is 1. The lowest BCUT2D eigenvalue weighted by Gasteiger charge is -2.17. The molecule has 0 aliphatic carbocycles. The number of carbonyl (C=O) groups excluding carboxylic acids is 1. The standard InChI is InChI=1S/C13H16N2O/c1-3-4-10-5-6-12-11(7-10)8-14-9-13(16)15(12)2/h5-7,9H,3-4,8H2,1-2H3. The molecule has 0 saturated carbocycles. The van der Waals surface area contributed by atoms with E-state index in [2.05, 4.69) is 24.0 Å². The molecule has 0 fully saturated rings. The molecule has 0 unspecified atom stereocenters. The minimum absolute atomic E-state index is 0.0537. The lowest BCUT2D eigenvalue weighted by atomic mass is 10.0. The number of benzene rings is 1. The SMILES string of the molecule is CCCc1ccc2c(c1)CN=CC(=O)N2C. The van der Waals surface area contributed by atoms with E-state index in [4.69, 9.17) is 0 Å². The number of rotatable bonds is 2.